The van der Waals surface area contributed by atoms with Gasteiger partial charge in [-0.05, 0) is 73.5 Å². The number of rotatable bonds is 12. The summed E-state index contributed by atoms with van der Waals surface area (Å²) in [5.41, 5.74) is 1.62. The van der Waals surface area contributed by atoms with Crippen molar-refractivity contribution in [3.8, 4) is 17.2 Å². The fourth-order valence-electron chi connectivity index (χ4n) is 7.38. The van der Waals surface area contributed by atoms with Crippen LogP contribution in [0.2, 0.25) is 0 Å². The van der Waals surface area contributed by atoms with Crippen molar-refractivity contribution in [1.82, 2.24) is 0 Å². The average molecular weight is 840 g/mol. The molecule has 318 valence electrons. The quantitative estimate of drug-likeness (QED) is 0.194. The number of benzene rings is 3. The highest BCUT2D eigenvalue weighted by atomic mass is 16.7. The van der Waals surface area contributed by atoms with Gasteiger partial charge in [0, 0.05) is 61.7 Å². The number of fused-ring (bicyclic) bond motifs is 2. The molecule has 17 heteroatoms. The molecule has 1 fully saturated rings. The number of esters is 4. The Morgan fingerprint density at radius 1 is 0.672 bits per heavy atom. The summed E-state index contributed by atoms with van der Waals surface area (Å²) < 4.78 is 44.6. The molecule has 6 rings (SSSR count). The van der Waals surface area contributed by atoms with Gasteiger partial charge in [0.2, 0.25) is 18.2 Å². The van der Waals surface area contributed by atoms with Crippen molar-refractivity contribution in [2.24, 2.45) is 0 Å². The Bertz CT molecular complexity index is 2450. The Labute approximate surface area is 348 Å². The molecule has 3 aliphatic rings. The van der Waals surface area contributed by atoms with Gasteiger partial charge in [-0.3, -0.25) is 38.4 Å². The SMILES string of the molecule is COc1cc(C)cc2c1C(=O)C=C(c1c(C)cc3c(c1OC)C(=O)C(Nc1ccc(OC4O[C@H](COC(C)=O)[C@@H](OC(C)=O)[C@H](OC(C)=O)[C@H]4OC(C)=O)cc1)=CC3=O)C2=O. The van der Waals surface area contributed by atoms with E-state index in [4.69, 9.17) is 37.9 Å². The third-order valence-electron chi connectivity index (χ3n) is 9.78. The van der Waals surface area contributed by atoms with Gasteiger partial charge < -0.3 is 43.2 Å². The molecular formula is C44H41NO16. The first-order chi connectivity index (χ1) is 28.9. The van der Waals surface area contributed by atoms with Crippen LogP contribution in [0.15, 0.2) is 60.3 Å². The van der Waals surface area contributed by atoms with Crippen molar-refractivity contribution >= 4 is 58.3 Å². The highest BCUT2D eigenvalue weighted by molar-refractivity contribution is 6.40. The van der Waals surface area contributed by atoms with Gasteiger partial charge in [-0.2, -0.15) is 0 Å². The van der Waals surface area contributed by atoms with Crippen molar-refractivity contribution in [3.63, 3.8) is 0 Å². The molecule has 1 unspecified atom stereocenters. The fraction of sp³-hybridized carbons (Fsp3) is 0.318. The van der Waals surface area contributed by atoms with Crippen LogP contribution >= 0.6 is 0 Å². The fourth-order valence-corrected chi connectivity index (χ4v) is 7.38. The van der Waals surface area contributed by atoms with E-state index in [0.717, 1.165) is 33.8 Å². The largest absolute Gasteiger partial charge is 0.496 e. The minimum atomic E-state index is -1.50. The van der Waals surface area contributed by atoms with Crippen molar-refractivity contribution in [1.29, 1.82) is 0 Å². The maximum atomic E-state index is 14.2. The van der Waals surface area contributed by atoms with Gasteiger partial charge in [0.15, 0.2) is 29.6 Å². The summed E-state index contributed by atoms with van der Waals surface area (Å²) in [6, 6.07) is 10.6. The Morgan fingerprint density at radius 3 is 1.92 bits per heavy atom. The Hall–Kier alpha value is -7.14. The molecule has 0 saturated carbocycles. The summed E-state index contributed by atoms with van der Waals surface area (Å²) in [4.78, 5) is 103. The molecule has 0 radical (unpaired) electrons. The van der Waals surface area contributed by atoms with Crippen LogP contribution < -0.4 is 19.5 Å². The van der Waals surface area contributed by atoms with E-state index in [1.165, 1.54) is 50.6 Å². The van der Waals surface area contributed by atoms with Crippen LogP contribution in [0.1, 0.15) is 85.8 Å². The molecule has 1 heterocycles. The molecule has 2 aliphatic carbocycles. The first-order valence-corrected chi connectivity index (χ1v) is 18.8. The smallest absolute Gasteiger partial charge is 0.303 e. The molecule has 17 nitrogen and oxygen atoms in total. The number of anilines is 1. The molecule has 61 heavy (non-hydrogen) atoms. The van der Waals surface area contributed by atoms with Gasteiger partial charge >= 0.3 is 23.9 Å². The van der Waals surface area contributed by atoms with E-state index >= 15 is 0 Å². The molecule has 1 N–H and O–H groups in total. The predicted octanol–water partition coefficient (Wildman–Crippen LogP) is 4.62. The van der Waals surface area contributed by atoms with Gasteiger partial charge in [0.05, 0.1) is 31.0 Å². The number of hydrogen-bond acceptors (Lipinski definition) is 17. The van der Waals surface area contributed by atoms with E-state index in [1.54, 1.807) is 26.0 Å². The predicted molar refractivity (Wildman–Crippen MR) is 211 cm³/mol. The van der Waals surface area contributed by atoms with E-state index < -0.39 is 84.3 Å². The molecule has 0 bridgehead atoms. The van der Waals surface area contributed by atoms with Crippen LogP contribution in [0.3, 0.4) is 0 Å². The second kappa shape index (κ2) is 17.6. The number of hydrogen-bond donors (Lipinski definition) is 1. The highest BCUT2D eigenvalue weighted by Gasteiger charge is 2.53. The van der Waals surface area contributed by atoms with E-state index in [-0.39, 0.29) is 56.3 Å². The van der Waals surface area contributed by atoms with E-state index in [0.29, 0.717) is 16.8 Å². The maximum absolute atomic E-state index is 14.2. The van der Waals surface area contributed by atoms with Crippen molar-refractivity contribution in [2.75, 3.05) is 26.1 Å². The molecule has 3 aromatic carbocycles. The van der Waals surface area contributed by atoms with Crippen molar-refractivity contribution in [3.05, 3.63) is 99.3 Å². The van der Waals surface area contributed by atoms with Crippen LogP contribution in [0, 0.1) is 13.8 Å². The van der Waals surface area contributed by atoms with Gasteiger partial charge in [-0.15, -0.1) is 0 Å². The summed E-state index contributed by atoms with van der Waals surface area (Å²) in [7, 11) is 2.70. The van der Waals surface area contributed by atoms with Crippen molar-refractivity contribution < 1.29 is 76.3 Å². The summed E-state index contributed by atoms with van der Waals surface area (Å²) in [6.07, 6.45) is -4.74. The minimum absolute atomic E-state index is 0.0149. The lowest BCUT2D eigenvalue weighted by Gasteiger charge is -2.43. The number of carbonyl (C=O) groups is 8. The Morgan fingerprint density at radius 2 is 1.31 bits per heavy atom. The molecule has 5 atom stereocenters. The number of ether oxygens (including phenoxy) is 8. The number of ketones is 4. The molecule has 0 aromatic heterocycles. The van der Waals surface area contributed by atoms with Gasteiger partial charge in [-0.1, -0.05) is 0 Å². The van der Waals surface area contributed by atoms with Gasteiger partial charge in [-0.25, -0.2) is 0 Å². The number of methoxy groups -OCH3 is 2. The van der Waals surface area contributed by atoms with E-state index in [1.807, 2.05) is 0 Å². The molecule has 1 saturated heterocycles. The highest BCUT2D eigenvalue weighted by Crippen LogP contribution is 2.43. The zero-order valence-corrected chi connectivity index (χ0v) is 34.3. The number of carbonyl (C=O) groups excluding carboxylic acids is 8. The van der Waals surface area contributed by atoms with Crippen LogP contribution in [-0.4, -0.2) is 98.5 Å². The average Bonchev–Trinajstić information content (AvgIpc) is 3.19. The standard InChI is InChI=1S/C44H41NO16/c1-19-13-28-36(33(14-19)54-7)32(51)16-29(38(28)52)35-20(2)15-27-31(50)17-30(39(53)37(27)41(35)55-8)45-25-9-11-26(12-10-25)60-44-43(59-24(6)49)42(58-23(5)48)40(57-22(4)47)34(61-44)18-56-21(3)46/h9-17,34,40,42-45H,18H2,1-8H3/t34-,40-,42+,43-,44?/m1/s1. The molecule has 3 aromatic rings. The number of Topliss-reactive ketones (excluding diaryl/α,β-unsaturated/α-hetero) is 2. The zero-order chi connectivity index (χ0) is 44.4. The summed E-state index contributed by atoms with van der Waals surface area (Å²) in [5.74, 6) is -4.93. The lowest BCUT2D eigenvalue weighted by atomic mass is 9.80. The lowest BCUT2D eigenvalue weighted by molar-refractivity contribution is -0.288. The Balaban J connectivity index is 1.28. The maximum Gasteiger partial charge on any atom is 0.303 e. The van der Waals surface area contributed by atoms with Crippen molar-refractivity contribution in [2.45, 2.75) is 72.2 Å². The van der Waals surface area contributed by atoms with Crippen LogP contribution in [-0.2, 0) is 42.9 Å². The first-order valence-electron chi connectivity index (χ1n) is 18.8. The summed E-state index contributed by atoms with van der Waals surface area (Å²) >= 11 is 0. The normalized spacial score (nSPS) is 20.6. The topological polar surface area (TPSA) is 222 Å². The van der Waals surface area contributed by atoms with Crippen LogP contribution in [0.25, 0.3) is 5.57 Å². The van der Waals surface area contributed by atoms with Gasteiger partial charge in [0.25, 0.3) is 0 Å². The Kier molecular flexibility index (Phi) is 12.5. The molecule has 0 amide bonds. The third kappa shape index (κ3) is 8.91. The molecule has 1 aliphatic heterocycles. The summed E-state index contributed by atoms with van der Waals surface area (Å²) in [5, 5.41) is 2.94. The molecule has 0 spiro atoms. The zero-order valence-electron chi connectivity index (χ0n) is 34.3. The van der Waals surface area contributed by atoms with Crippen LogP contribution in [0.5, 0.6) is 17.2 Å². The first kappa shape index (κ1) is 43.4. The van der Waals surface area contributed by atoms with Gasteiger partial charge in [0.1, 0.15) is 30.0 Å². The molecular weight excluding hydrogens is 798 g/mol. The van der Waals surface area contributed by atoms with E-state index in [2.05, 4.69) is 5.32 Å². The monoisotopic (exact) mass is 839 g/mol. The lowest BCUT2D eigenvalue weighted by Crippen LogP contribution is -2.63. The number of aryl methyl sites for hydroxylation is 2. The number of nitrogens with one attached hydrogen (secondary N) is 1. The number of allylic oxidation sites excluding steroid dienone is 4. The minimum Gasteiger partial charge on any atom is -0.496 e. The van der Waals surface area contributed by atoms with E-state index in [9.17, 15) is 38.4 Å². The second-order valence-corrected chi connectivity index (χ2v) is 14.3. The van der Waals surface area contributed by atoms with Crippen LogP contribution in [0.4, 0.5) is 5.69 Å². The second-order valence-electron chi connectivity index (χ2n) is 14.3. The summed E-state index contributed by atoms with van der Waals surface area (Å²) in [6.45, 7) is 7.40. The third-order valence-corrected chi connectivity index (χ3v) is 9.78.